The Balaban J connectivity index is 1.84. The molecule has 0 bridgehead atoms. The number of anilines is 1. The minimum absolute atomic E-state index is 0.248. The maximum Gasteiger partial charge on any atom is 0.139 e. The number of aromatic nitrogens is 4. The van der Waals surface area contributed by atoms with Gasteiger partial charge in [0.1, 0.15) is 40.3 Å². The van der Waals surface area contributed by atoms with Gasteiger partial charge in [0.05, 0.1) is 19.6 Å². The van der Waals surface area contributed by atoms with Gasteiger partial charge in [0.15, 0.2) is 0 Å². The van der Waals surface area contributed by atoms with Crippen LogP contribution in [0.15, 0.2) is 43.0 Å². The predicted molar refractivity (Wildman–Crippen MR) is 110 cm³/mol. The SMILES string of the molecule is COc1cc(OC)cc(C(Nc2ncnc3sc(C)cc23)c2nccn2C)c1. The van der Waals surface area contributed by atoms with Gasteiger partial charge in [-0.25, -0.2) is 15.0 Å². The van der Waals surface area contributed by atoms with Crippen molar-refractivity contribution in [2.24, 2.45) is 7.05 Å². The van der Waals surface area contributed by atoms with Crippen molar-refractivity contribution in [2.75, 3.05) is 19.5 Å². The van der Waals surface area contributed by atoms with Crippen LogP contribution in [0.4, 0.5) is 5.82 Å². The van der Waals surface area contributed by atoms with E-state index in [9.17, 15) is 0 Å². The smallest absolute Gasteiger partial charge is 0.139 e. The molecule has 7 nitrogen and oxygen atoms in total. The van der Waals surface area contributed by atoms with Gasteiger partial charge >= 0.3 is 0 Å². The van der Waals surface area contributed by atoms with Crippen LogP contribution in [0.25, 0.3) is 10.2 Å². The molecule has 0 fully saturated rings. The van der Waals surface area contributed by atoms with Crippen molar-refractivity contribution in [2.45, 2.75) is 13.0 Å². The fourth-order valence-electron chi connectivity index (χ4n) is 3.18. The third-order valence-electron chi connectivity index (χ3n) is 4.56. The molecule has 144 valence electrons. The van der Waals surface area contributed by atoms with Crippen LogP contribution in [0.3, 0.4) is 0 Å². The zero-order chi connectivity index (χ0) is 19.7. The number of nitrogens with one attached hydrogen (secondary N) is 1. The van der Waals surface area contributed by atoms with E-state index in [-0.39, 0.29) is 6.04 Å². The molecule has 1 atom stereocenters. The highest BCUT2D eigenvalue weighted by Crippen LogP contribution is 2.34. The average Bonchev–Trinajstić information content (AvgIpc) is 3.30. The van der Waals surface area contributed by atoms with Crippen molar-refractivity contribution in [1.29, 1.82) is 0 Å². The number of thiophene rings is 1. The Morgan fingerprint density at radius 2 is 1.79 bits per heavy atom. The van der Waals surface area contributed by atoms with Gasteiger partial charge in [-0.3, -0.25) is 0 Å². The monoisotopic (exact) mass is 395 g/mol. The molecule has 0 saturated heterocycles. The Hall–Kier alpha value is -3.13. The largest absolute Gasteiger partial charge is 0.497 e. The molecular formula is C20H21N5O2S. The highest BCUT2D eigenvalue weighted by atomic mass is 32.1. The normalized spacial score (nSPS) is 12.1. The maximum atomic E-state index is 5.46. The van der Waals surface area contributed by atoms with E-state index < -0.39 is 0 Å². The van der Waals surface area contributed by atoms with Gasteiger partial charge < -0.3 is 19.4 Å². The Kier molecular flexibility index (Phi) is 4.87. The number of hydrogen-bond donors (Lipinski definition) is 1. The predicted octanol–water partition coefficient (Wildman–Crippen LogP) is 3.95. The Labute approximate surface area is 167 Å². The van der Waals surface area contributed by atoms with Crippen molar-refractivity contribution >= 4 is 27.4 Å². The molecule has 4 aromatic rings. The quantitative estimate of drug-likeness (QED) is 0.533. The number of nitrogens with zero attached hydrogens (tertiary/aromatic N) is 4. The molecule has 0 radical (unpaired) electrons. The number of benzene rings is 1. The third kappa shape index (κ3) is 3.38. The Morgan fingerprint density at radius 3 is 2.43 bits per heavy atom. The van der Waals surface area contributed by atoms with Crippen LogP contribution in [0.2, 0.25) is 0 Å². The maximum absolute atomic E-state index is 5.46. The van der Waals surface area contributed by atoms with Crippen LogP contribution in [-0.4, -0.2) is 33.7 Å². The summed E-state index contributed by atoms with van der Waals surface area (Å²) < 4.78 is 12.9. The van der Waals surface area contributed by atoms with Gasteiger partial charge in [-0.1, -0.05) is 0 Å². The number of hydrogen-bond acceptors (Lipinski definition) is 7. The van der Waals surface area contributed by atoms with E-state index in [4.69, 9.17) is 9.47 Å². The first-order valence-corrected chi connectivity index (χ1v) is 9.58. The topological polar surface area (TPSA) is 74.1 Å². The first kappa shape index (κ1) is 18.2. The standard InChI is InChI=1S/C20H21N5O2S/c1-12-7-16-18(22-11-23-20(16)28-12)24-17(19-21-5-6-25(19)2)13-8-14(26-3)10-15(9-13)27-4/h5-11,17H,1-4H3,(H,22,23,24). The fraction of sp³-hybridized carbons (Fsp3) is 0.250. The number of aryl methyl sites for hydroxylation is 2. The Morgan fingerprint density at radius 1 is 1.04 bits per heavy atom. The molecule has 0 spiro atoms. The fourth-order valence-corrected chi connectivity index (χ4v) is 4.02. The van der Waals surface area contributed by atoms with Crippen LogP contribution in [0, 0.1) is 6.92 Å². The molecular weight excluding hydrogens is 374 g/mol. The summed E-state index contributed by atoms with van der Waals surface area (Å²) in [4.78, 5) is 15.6. The molecule has 28 heavy (non-hydrogen) atoms. The lowest BCUT2D eigenvalue weighted by molar-refractivity contribution is 0.393. The zero-order valence-electron chi connectivity index (χ0n) is 16.1. The number of fused-ring (bicyclic) bond motifs is 1. The van der Waals surface area contributed by atoms with E-state index >= 15 is 0 Å². The molecule has 0 aliphatic heterocycles. The van der Waals surface area contributed by atoms with Crippen molar-refractivity contribution < 1.29 is 9.47 Å². The zero-order valence-corrected chi connectivity index (χ0v) is 16.9. The third-order valence-corrected chi connectivity index (χ3v) is 5.52. The van der Waals surface area contributed by atoms with Gasteiger partial charge in [0.2, 0.25) is 0 Å². The van der Waals surface area contributed by atoms with E-state index in [0.29, 0.717) is 0 Å². The molecule has 0 amide bonds. The molecule has 1 aromatic carbocycles. The van der Waals surface area contributed by atoms with Gasteiger partial charge in [-0.15, -0.1) is 11.3 Å². The molecule has 3 heterocycles. The van der Waals surface area contributed by atoms with Crippen molar-refractivity contribution in [3.63, 3.8) is 0 Å². The summed E-state index contributed by atoms with van der Waals surface area (Å²) in [6, 6.07) is 7.66. The van der Waals surface area contributed by atoms with Crippen molar-refractivity contribution in [3.8, 4) is 11.5 Å². The van der Waals surface area contributed by atoms with Gasteiger partial charge in [0, 0.05) is 30.4 Å². The highest BCUT2D eigenvalue weighted by molar-refractivity contribution is 7.18. The second-order valence-electron chi connectivity index (χ2n) is 6.42. The van der Waals surface area contributed by atoms with E-state index in [1.54, 1.807) is 38.1 Å². The van der Waals surface area contributed by atoms with E-state index in [1.807, 2.05) is 36.0 Å². The van der Waals surface area contributed by atoms with Gasteiger partial charge in [-0.05, 0) is 30.7 Å². The van der Waals surface area contributed by atoms with Crippen LogP contribution in [-0.2, 0) is 7.05 Å². The number of methoxy groups -OCH3 is 2. The van der Waals surface area contributed by atoms with Crippen molar-refractivity contribution in [3.05, 3.63) is 59.3 Å². The lowest BCUT2D eigenvalue weighted by atomic mass is 10.0. The molecule has 0 aliphatic carbocycles. The summed E-state index contributed by atoms with van der Waals surface area (Å²) in [6.45, 7) is 2.07. The van der Waals surface area contributed by atoms with Crippen LogP contribution < -0.4 is 14.8 Å². The van der Waals surface area contributed by atoms with E-state index in [2.05, 4.69) is 33.3 Å². The summed E-state index contributed by atoms with van der Waals surface area (Å²) >= 11 is 1.65. The molecule has 4 rings (SSSR count). The van der Waals surface area contributed by atoms with Crippen LogP contribution in [0.5, 0.6) is 11.5 Å². The van der Waals surface area contributed by atoms with E-state index in [0.717, 1.165) is 38.9 Å². The summed E-state index contributed by atoms with van der Waals surface area (Å²) in [5.74, 6) is 3.06. The number of ether oxygens (including phenoxy) is 2. The molecule has 0 aliphatic rings. The van der Waals surface area contributed by atoms with Crippen LogP contribution in [0.1, 0.15) is 22.3 Å². The van der Waals surface area contributed by atoms with Gasteiger partial charge in [0.25, 0.3) is 0 Å². The summed E-state index contributed by atoms with van der Waals surface area (Å²) in [5, 5.41) is 4.56. The van der Waals surface area contributed by atoms with Gasteiger partial charge in [-0.2, -0.15) is 0 Å². The number of imidazole rings is 1. The van der Waals surface area contributed by atoms with Crippen molar-refractivity contribution in [1.82, 2.24) is 19.5 Å². The molecule has 8 heteroatoms. The molecule has 0 saturated carbocycles. The second-order valence-corrected chi connectivity index (χ2v) is 7.65. The minimum atomic E-state index is -0.248. The second kappa shape index (κ2) is 7.47. The lowest BCUT2D eigenvalue weighted by Crippen LogP contribution is -2.18. The molecule has 1 N–H and O–H groups in total. The van der Waals surface area contributed by atoms with E-state index in [1.165, 1.54) is 4.88 Å². The first-order valence-electron chi connectivity index (χ1n) is 8.77. The summed E-state index contributed by atoms with van der Waals surface area (Å²) in [6.07, 6.45) is 5.29. The highest BCUT2D eigenvalue weighted by Gasteiger charge is 2.22. The molecule has 3 aromatic heterocycles. The summed E-state index contributed by atoms with van der Waals surface area (Å²) in [7, 11) is 5.26. The number of rotatable bonds is 6. The van der Waals surface area contributed by atoms with Crippen LogP contribution >= 0.6 is 11.3 Å². The average molecular weight is 395 g/mol. The lowest BCUT2D eigenvalue weighted by Gasteiger charge is -2.21. The Bertz CT molecular complexity index is 1100. The first-order chi connectivity index (χ1) is 13.6. The molecule has 1 unspecified atom stereocenters. The summed E-state index contributed by atoms with van der Waals surface area (Å²) in [5.41, 5.74) is 0.962. The minimum Gasteiger partial charge on any atom is -0.497 e.